The summed E-state index contributed by atoms with van der Waals surface area (Å²) >= 11 is 2.60. The summed E-state index contributed by atoms with van der Waals surface area (Å²) in [6.45, 7) is 9.83. The van der Waals surface area contributed by atoms with Gasteiger partial charge in [-0.15, -0.1) is 23.1 Å². The standard InChI is InChI=1S/C31H35N3O6S2/c1-18-10-12-20(13-11-18)27(36)32-21-8-7-9-22(16-21)41-19(2)26(35)33-28-25(29(37)39-6)23-14-15-34(17-24(23)42-28)30(38)40-31(3,4)5/h7-13,16,19H,14-15,17H2,1-6H3,(H,32,36)(H,33,35). The van der Waals surface area contributed by atoms with Crippen molar-refractivity contribution in [2.45, 2.75) is 63.3 Å². The third kappa shape index (κ3) is 7.71. The lowest BCUT2D eigenvalue weighted by molar-refractivity contribution is -0.115. The third-order valence-corrected chi connectivity index (χ3v) is 8.65. The summed E-state index contributed by atoms with van der Waals surface area (Å²) in [6.07, 6.45) is 0.0191. The zero-order chi connectivity index (χ0) is 30.6. The fourth-order valence-electron chi connectivity index (χ4n) is 4.32. The van der Waals surface area contributed by atoms with Gasteiger partial charge < -0.3 is 25.0 Å². The van der Waals surface area contributed by atoms with Crippen LogP contribution in [0.3, 0.4) is 0 Å². The highest BCUT2D eigenvalue weighted by Gasteiger charge is 2.33. The van der Waals surface area contributed by atoms with Gasteiger partial charge in [0, 0.05) is 27.6 Å². The monoisotopic (exact) mass is 609 g/mol. The van der Waals surface area contributed by atoms with Gasteiger partial charge >= 0.3 is 12.1 Å². The molecular formula is C31H35N3O6S2. The number of anilines is 2. The Morgan fingerprint density at radius 3 is 2.43 bits per heavy atom. The van der Waals surface area contributed by atoms with Crippen molar-refractivity contribution < 1.29 is 28.7 Å². The smallest absolute Gasteiger partial charge is 0.410 e. The Balaban J connectivity index is 1.44. The largest absolute Gasteiger partial charge is 0.465 e. The minimum atomic E-state index is -0.622. The van der Waals surface area contributed by atoms with Gasteiger partial charge in [0.05, 0.1) is 24.5 Å². The first kappa shape index (κ1) is 31.1. The second kappa shape index (κ2) is 13.0. The number of thiophene rings is 1. The molecule has 1 aromatic heterocycles. The van der Waals surface area contributed by atoms with Crippen LogP contribution in [-0.2, 0) is 27.2 Å². The minimum Gasteiger partial charge on any atom is -0.465 e. The maximum atomic E-state index is 13.3. The van der Waals surface area contributed by atoms with Gasteiger partial charge in [-0.1, -0.05) is 23.8 Å². The SMILES string of the molecule is COC(=O)c1c(NC(=O)C(C)Sc2cccc(NC(=O)c3ccc(C)cc3)c2)sc2c1CCN(C(=O)OC(C)(C)C)C2. The maximum Gasteiger partial charge on any atom is 0.410 e. The van der Waals surface area contributed by atoms with E-state index in [0.29, 0.717) is 34.8 Å². The lowest BCUT2D eigenvalue weighted by Crippen LogP contribution is -2.39. The van der Waals surface area contributed by atoms with Crippen LogP contribution in [0.15, 0.2) is 53.4 Å². The number of fused-ring (bicyclic) bond motifs is 1. The number of ether oxygens (including phenoxy) is 2. The molecule has 42 heavy (non-hydrogen) atoms. The number of esters is 1. The summed E-state index contributed by atoms with van der Waals surface area (Å²) in [4.78, 5) is 54.5. The fraction of sp³-hybridized carbons (Fsp3) is 0.355. The van der Waals surface area contributed by atoms with Gasteiger partial charge in [-0.2, -0.15) is 0 Å². The molecule has 1 unspecified atom stereocenters. The van der Waals surface area contributed by atoms with E-state index in [0.717, 1.165) is 20.9 Å². The number of benzene rings is 2. The number of hydrogen-bond donors (Lipinski definition) is 2. The second-order valence-electron chi connectivity index (χ2n) is 10.9. The molecule has 0 spiro atoms. The van der Waals surface area contributed by atoms with E-state index in [9.17, 15) is 19.2 Å². The van der Waals surface area contributed by atoms with E-state index >= 15 is 0 Å². The molecular weight excluding hydrogens is 574 g/mol. The quantitative estimate of drug-likeness (QED) is 0.232. The van der Waals surface area contributed by atoms with Crippen molar-refractivity contribution in [2.24, 2.45) is 0 Å². The molecule has 0 radical (unpaired) electrons. The summed E-state index contributed by atoms with van der Waals surface area (Å²) in [5.41, 5.74) is 2.73. The number of thioether (sulfide) groups is 1. The summed E-state index contributed by atoms with van der Waals surface area (Å²) in [5.74, 6) is -1.04. The highest BCUT2D eigenvalue weighted by Crippen LogP contribution is 2.38. The molecule has 9 nitrogen and oxygen atoms in total. The van der Waals surface area contributed by atoms with Gasteiger partial charge in [0.25, 0.3) is 5.91 Å². The summed E-state index contributed by atoms with van der Waals surface area (Å²) in [5, 5.41) is 5.69. The van der Waals surface area contributed by atoms with E-state index in [1.54, 1.807) is 30.0 Å². The van der Waals surface area contributed by atoms with Gasteiger partial charge in [0.15, 0.2) is 0 Å². The van der Waals surface area contributed by atoms with Crippen molar-refractivity contribution in [1.82, 2.24) is 4.90 Å². The van der Waals surface area contributed by atoms with Gasteiger partial charge in [0.2, 0.25) is 5.91 Å². The highest BCUT2D eigenvalue weighted by atomic mass is 32.2. The van der Waals surface area contributed by atoms with Crippen molar-refractivity contribution in [3.05, 3.63) is 75.7 Å². The molecule has 2 N–H and O–H groups in total. The number of amides is 3. The molecule has 0 saturated carbocycles. The van der Waals surface area contributed by atoms with Crippen LogP contribution < -0.4 is 10.6 Å². The average molecular weight is 610 g/mol. The first-order valence-electron chi connectivity index (χ1n) is 13.5. The van der Waals surface area contributed by atoms with Gasteiger partial charge in [-0.25, -0.2) is 9.59 Å². The van der Waals surface area contributed by atoms with Crippen molar-refractivity contribution in [2.75, 3.05) is 24.3 Å². The van der Waals surface area contributed by atoms with Gasteiger partial charge in [-0.3, -0.25) is 9.59 Å². The Kier molecular flexibility index (Phi) is 9.63. The molecule has 11 heteroatoms. The number of carbonyl (C=O) groups excluding carboxylic acids is 4. The zero-order valence-corrected chi connectivity index (χ0v) is 26.2. The molecule has 4 rings (SSSR count). The first-order valence-corrected chi connectivity index (χ1v) is 15.2. The van der Waals surface area contributed by atoms with E-state index in [-0.39, 0.29) is 18.4 Å². The molecule has 0 fully saturated rings. The van der Waals surface area contributed by atoms with E-state index in [2.05, 4.69) is 10.6 Å². The van der Waals surface area contributed by atoms with E-state index in [1.165, 1.54) is 30.2 Å². The summed E-state index contributed by atoms with van der Waals surface area (Å²) in [7, 11) is 1.30. The first-order chi connectivity index (χ1) is 19.8. The predicted molar refractivity (Wildman–Crippen MR) is 166 cm³/mol. The van der Waals surface area contributed by atoms with Crippen LogP contribution in [0.1, 0.15) is 64.4 Å². The molecule has 0 aliphatic carbocycles. The van der Waals surface area contributed by atoms with E-state index < -0.39 is 22.9 Å². The van der Waals surface area contributed by atoms with Crippen LogP contribution in [0.5, 0.6) is 0 Å². The van der Waals surface area contributed by atoms with E-state index in [1.807, 2.05) is 58.0 Å². The lowest BCUT2D eigenvalue weighted by Gasteiger charge is -2.30. The fourth-order valence-corrected chi connectivity index (χ4v) is 6.50. The van der Waals surface area contributed by atoms with E-state index in [4.69, 9.17) is 9.47 Å². The summed E-state index contributed by atoms with van der Waals surface area (Å²) in [6, 6.07) is 14.6. The highest BCUT2D eigenvalue weighted by molar-refractivity contribution is 8.00. The molecule has 1 atom stereocenters. The third-order valence-electron chi connectivity index (χ3n) is 6.42. The Hall–Kier alpha value is -3.83. The summed E-state index contributed by atoms with van der Waals surface area (Å²) < 4.78 is 10.5. The van der Waals surface area contributed by atoms with Crippen molar-refractivity contribution in [3.8, 4) is 0 Å². The molecule has 3 amide bonds. The molecule has 2 heterocycles. The van der Waals surface area contributed by atoms with Crippen LogP contribution in [0.2, 0.25) is 0 Å². The zero-order valence-electron chi connectivity index (χ0n) is 24.5. The van der Waals surface area contributed by atoms with Crippen LogP contribution in [0.25, 0.3) is 0 Å². The number of carbonyl (C=O) groups is 4. The predicted octanol–water partition coefficient (Wildman–Crippen LogP) is 6.51. The van der Waals surface area contributed by atoms with Crippen molar-refractivity contribution >= 4 is 57.7 Å². The van der Waals surface area contributed by atoms with Crippen molar-refractivity contribution in [1.29, 1.82) is 0 Å². The molecule has 2 aromatic carbocycles. The minimum absolute atomic E-state index is 0.217. The van der Waals surface area contributed by atoms with Crippen LogP contribution >= 0.6 is 23.1 Å². The Morgan fingerprint density at radius 1 is 1.05 bits per heavy atom. The number of nitrogens with zero attached hydrogens (tertiary/aromatic N) is 1. The Bertz CT molecular complexity index is 1490. The number of nitrogens with one attached hydrogen (secondary N) is 2. The number of methoxy groups -OCH3 is 1. The van der Waals surface area contributed by atoms with Crippen LogP contribution in [0, 0.1) is 6.92 Å². The van der Waals surface area contributed by atoms with Crippen LogP contribution in [-0.4, -0.2) is 53.3 Å². The number of rotatable bonds is 7. The van der Waals surface area contributed by atoms with Gasteiger partial charge in [0.1, 0.15) is 10.6 Å². The normalized spacial score (nSPS) is 13.5. The molecule has 0 bridgehead atoms. The number of hydrogen-bond acceptors (Lipinski definition) is 8. The Labute approximate surface area is 254 Å². The van der Waals surface area contributed by atoms with Crippen LogP contribution in [0.4, 0.5) is 15.5 Å². The number of aryl methyl sites for hydroxylation is 1. The molecule has 1 aliphatic rings. The lowest BCUT2D eigenvalue weighted by atomic mass is 10.0. The maximum absolute atomic E-state index is 13.3. The average Bonchev–Trinajstić information content (AvgIpc) is 3.29. The van der Waals surface area contributed by atoms with Gasteiger partial charge in [-0.05, 0) is 76.9 Å². The topological polar surface area (TPSA) is 114 Å². The molecule has 0 saturated heterocycles. The molecule has 1 aliphatic heterocycles. The molecule has 3 aromatic rings. The van der Waals surface area contributed by atoms with Crippen molar-refractivity contribution in [3.63, 3.8) is 0 Å². The second-order valence-corrected chi connectivity index (χ2v) is 13.5. The molecule has 222 valence electrons. The Morgan fingerprint density at radius 2 is 1.76 bits per heavy atom.